The number of thiazole rings is 1. The van der Waals surface area contributed by atoms with E-state index in [4.69, 9.17) is 10.5 Å². The normalized spacial score (nSPS) is 18.3. The first-order chi connectivity index (χ1) is 10.7. The topological polar surface area (TPSA) is 68.5 Å². The van der Waals surface area contributed by atoms with Gasteiger partial charge < -0.3 is 15.4 Å². The lowest BCUT2D eigenvalue weighted by molar-refractivity contribution is 0.0704. The van der Waals surface area contributed by atoms with Crippen molar-refractivity contribution in [2.24, 2.45) is 5.73 Å². The molecule has 1 amide bonds. The molecule has 1 aliphatic rings. The highest BCUT2D eigenvalue weighted by Gasteiger charge is 2.24. The van der Waals surface area contributed by atoms with Gasteiger partial charge in [0.15, 0.2) is 0 Å². The molecule has 0 radical (unpaired) electrons. The number of rotatable bonds is 3. The molecule has 1 aromatic heterocycles. The van der Waals surface area contributed by atoms with Gasteiger partial charge in [0.2, 0.25) is 0 Å². The Kier molecular flexibility index (Phi) is 4.40. The van der Waals surface area contributed by atoms with Crippen molar-refractivity contribution in [3.63, 3.8) is 0 Å². The van der Waals surface area contributed by atoms with E-state index in [1.165, 1.54) is 11.3 Å². The van der Waals surface area contributed by atoms with Crippen LogP contribution in [-0.2, 0) is 0 Å². The number of benzene rings is 1. The van der Waals surface area contributed by atoms with Gasteiger partial charge in [-0.3, -0.25) is 4.79 Å². The minimum atomic E-state index is -0.0221. The van der Waals surface area contributed by atoms with Crippen LogP contribution in [0.2, 0.25) is 0 Å². The highest BCUT2D eigenvalue weighted by atomic mass is 32.1. The van der Waals surface area contributed by atoms with Crippen molar-refractivity contribution >= 4 is 17.2 Å². The molecule has 5 nitrogen and oxygen atoms in total. The number of carbonyl (C=O) groups excluding carboxylic acids is 1. The van der Waals surface area contributed by atoms with Gasteiger partial charge in [-0.2, -0.15) is 0 Å². The van der Waals surface area contributed by atoms with Crippen LogP contribution in [0.1, 0.15) is 23.3 Å². The van der Waals surface area contributed by atoms with Crippen LogP contribution in [0.15, 0.2) is 29.6 Å². The molecule has 0 bridgehead atoms. The molecule has 2 heterocycles. The minimum Gasteiger partial charge on any atom is -0.497 e. The van der Waals surface area contributed by atoms with Crippen LogP contribution in [0, 0.1) is 0 Å². The molecule has 2 aromatic rings. The number of methoxy groups -OCH3 is 1. The number of aromatic nitrogens is 1. The number of hydrogen-bond acceptors (Lipinski definition) is 5. The molecule has 6 heteroatoms. The lowest BCUT2D eigenvalue weighted by Crippen LogP contribution is -2.45. The van der Waals surface area contributed by atoms with E-state index in [1.807, 2.05) is 29.6 Å². The summed E-state index contributed by atoms with van der Waals surface area (Å²) in [6.07, 6.45) is 1.94. The summed E-state index contributed by atoms with van der Waals surface area (Å²) in [4.78, 5) is 18.8. The van der Waals surface area contributed by atoms with E-state index in [1.54, 1.807) is 12.0 Å². The highest BCUT2D eigenvalue weighted by Crippen LogP contribution is 2.26. The minimum absolute atomic E-state index is 0.0221. The van der Waals surface area contributed by atoms with Crippen molar-refractivity contribution in [1.82, 2.24) is 9.88 Å². The maximum atomic E-state index is 12.5. The average Bonchev–Trinajstić information content (AvgIpc) is 3.04. The standard InChI is InChI=1S/C16H19N3O2S/c1-21-13-6-4-11(5-7-13)15-18-14(10-22-15)16(20)19-8-2-3-12(17)9-19/h4-7,10,12H,2-3,8-9,17H2,1H3. The molecule has 2 N–H and O–H groups in total. The molecule has 1 saturated heterocycles. The quantitative estimate of drug-likeness (QED) is 0.944. The van der Waals surface area contributed by atoms with E-state index >= 15 is 0 Å². The second kappa shape index (κ2) is 6.46. The molecular formula is C16H19N3O2S. The zero-order valence-electron chi connectivity index (χ0n) is 12.5. The summed E-state index contributed by atoms with van der Waals surface area (Å²) < 4.78 is 5.15. The molecule has 116 valence electrons. The zero-order chi connectivity index (χ0) is 15.5. The number of ether oxygens (including phenoxy) is 1. The number of nitrogens with two attached hydrogens (primary N) is 1. The maximum absolute atomic E-state index is 12.5. The zero-order valence-corrected chi connectivity index (χ0v) is 13.3. The van der Waals surface area contributed by atoms with Gasteiger partial charge >= 0.3 is 0 Å². The molecule has 1 unspecified atom stereocenters. The van der Waals surface area contributed by atoms with E-state index in [9.17, 15) is 4.79 Å². The van der Waals surface area contributed by atoms with Gasteiger partial charge in [0.25, 0.3) is 5.91 Å². The first-order valence-electron chi connectivity index (χ1n) is 7.32. The molecule has 3 rings (SSSR count). The number of amides is 1. The fraction of sp³-hybridized carbons (Fsp3) is 0.375. The predicted molar refractivity (Wildman–Crippen MR) is 87.2 cm³/mol. The summed E-state index contributed by atoms with van der Waals surface area (Å²) in [6, 6.07) is 7.76. The van der Waals surface area contributed by atoms with Crippen LogP contribution in [0.5, 0.6) is 5.75 Å². The van der Waals surface area contributed by atoms with Gasteiger partial charge in [-0.15, -0.1) is 11.3 Å². The largest absolute Gasteiger partial charge is 0.497 e. The van der Waals surface area contributed by atoms with Gasteiger partial charge in [-0.25, -0.2) is 4.98 Å². The Hall–Kier alpha value is -1.92. The third kappa shape index (κ3) is 3.13. The number of carbonyl (C=O) groups is 1. The van der Waals surface area contributed by atoms with Gasteiger partial charge in [0.1, 0.15) is 16.5 Å². The Morgan fingerprint density at radius 2 is 2.18 bits per heavy atom. The average molecular weight is 317 g/mol. The van der Waals surface area contributed by atoms with Crippen molar-refractivity contribution in [2.45, 2.75) is 18.9 Å². The van der Waals surface area contributed by atoms with E-state index in [0.29, 0.717) is 12.2 Å². The maximum Gasteiger partial charge on any atom is 0.273 e. The van der Waals surface area contributed by atoms with Crippen molar-refractivity contribution < 1.29 is 9.53 Å². The van der Waals surface area contributed by atoms with Crippen LogP contribution in [0.3, 0.4) is 0 Å². The second-order valence-electron chi connectivity index (χ2n) is 5.42. The number of likely N-dealkylation sites (tertiary alicyclic amines) is 1. The molecule has 1 aromatic carbocycles. The smallest absolute Gasteiger partial charge is 0.273 e. The van der Waals surface area contributed by atoms with Gasteiger partial charge in [-0.1, -0.05) is 0 Å². The molecule has 1 atom stereocenters. The summed E-state index contributed by atoms with van der Waals surface area (Å²) in [6.45, 7) is 1.39. The van der Waals surface area contributed by atoms with E-state index < -0.39 is 0 Å². The van der Waals surface area contributed by atoms with E-state index in [0.717, 1.165) is 35.7 Å². The van der Waals surface area contributed by atoms with Gasteiger partial charge in [0, 0.05) is 30.1 Å². The fourth-order valence-corrected chi connectivity index (χ4v) is 3.39. The van der Waals surface area contributed by atoms with E-state index in [-0.39, 0.29) is 11.9 Å². The van der Waals surface area contributed by atoms with Crippen LogP contribution in [0.4, 0.5) is 0 Å². The first-order valence-corrected chi connectivity index (χ1v) is 8.20. The second-order valence-corrected chi connectivity index (χ2v) is 6.28. The third-order valence-corrected chi connectivity index (χ3v) is 4.70. The van der Waals surface area contributed by atoms with E-state index in [2.05, 4.69) is 4.98 Å². The lowest BCUT2D eigenvalue weighted by atomic mass is 10.1. The Labute approximate surface area is 133 Å². The monoisotopic (exact) mass is 317 g/mol. The van der Waals surface area contributed by atoms with Gasteiger partial charge in [0.05, 0.1) is 7.11 Å². The Morgan fingerprint density at radius 3 is 2.86 bits per heavy atom. The summed E-state index contributed by atoms with van der Waals surface area (Å²) in [5, 5.41) is 2.66. The summed E-state index contributed by atoms with van der Waals surface area (Å²) in [7, 11) is 1.64. The van der Waals surface area contributed by atoms with Gasteiger partial charge in [-0.05, 0) is 37.1 Å². The lowest BCUT2D eigenvalue weighted by Gasteiger charge is -2.30. The summed E-state index contributed by atoms with van der Waals surface area (Å²) in [5.74, 6) is 0.782. The molecule has 0 spiro atoms. The van der Waals surface area contributed by atoms with Crippen LogP contribution < -0.4 is 10.5 Å². The fourth-order valence-electron chi connectivity index (χ4n) is 2.59. The summed E-state index contributed by atoms with van der Waals surface area (Å²) in [5.41, 5.74) is 7.43. The number of hydrogen-bond donors (Lipinski definition) is 1. The van der Waals surface area contributed by atoms with Crippen molar-refractivity contribution in [3.8, 4) is 16.3 Å². The van der Waals surface area contributed by atoms with Crippen LogP contribution in [0.25, 0.3) is 10.6 Å². The predicted octanol–water partition coefficient (Wildman–Crippen LogP) is 2.38. The third-order valence-electron chi connectivity index (χ3n) is 3.81. The molecular weight excluding hydrogens is 298 g/mol. The molecule has 22 heavy (non-hydrogen) atoms. The highest BCUT2D eigenvalue weighted by molar-refractivity contribution is 7.13. The Balaban J connectivity index is 1.76. The van der Waals surface area contributed by atoms with Crippen LogP contribution >= 0.6 is 11.3 Å². The SMILES string of the molecule is COc1ccc(-c2nc(C(=O)N3CCCC(N)C3)cs2)cc1. The molecule has 0 aliphatic carbocycles. The number of piperidine rings is 1. The van der Waals surface area contributed by atoms with Crippen molar-refractivity contribution in [3.05, 3.63) is 35.3 Å². The Bertz CT molecular complexity index is 654. The van der Waals surface area contributed by atoms with Crippen molar-refractivity contribution in [2.75, 3.05) is 20.2 Å². The summed E-state index contributed by atoms with van der Waals surface area (Å²) >= 11 is 1.48. The molecule has 1 fully saturated rings. The Morgan fingerprint density at radius 1 is 1.41 bits per heavy atom. The van der Waals surface area contributed by atoms with Crippen molar-refractivity contribution in [1.29, 1.82) is 0 Å². The first kappa shape index (κ1) is 15.0. The molecule has 0 saturated carbocycles. The number of nitrogens with zero attached hydrogens (tertiary/aromatic N) is 2. The molecule has 1 aliphatic heterocycles. The van der Waals surface area contributed by atoms with Crippen LogP contribution in [-0.4, -0.2) is 42.0 Å².